The Morgan fingerprint density at radius 1 is 1.05 bits per heavy atom. The summed E-state index contributed by atoms with van der Waals surface area (Å²) in [6, 6.07) is 16.4. The van der Waals surface area contributed by atoms with Gasteiger partial charge in [0.15, 0.2) is 0 Å². The van der Waals surface area contributed by atoms with Gasteiger partial charge in [0.25, 0.3) is 0 Å². The number of alkyl halides is 1. The van der Waals surface area contributed by atoms with Crippen LogP contribution in [0.25, 0.3) is 0 Å². The minimum Gasteiger partial charge on any atom is -0.494 e. The van der Waals surface area contributed by atoms with Crippen LogP contribution in [0.4, 0.5) is 4.39 Å². The number of rotatable bonds is 7. The smallest absolute Gasteiger partial charge is 0.123 e. The van der Waals surface area contributed by atoms with Crippen LogP contribution in [0.1, 0.15) is 24.3 Å². The zero-order chi connectivity index (χ0) is 14.2. The second kappa shape index (κ2) is 7.91. The molecule has 0 aliphatic heterocycles. The molecule has 0 bridgehead atoms. The largest absolute Gasteiger partial charge is 0.494 e. The predicted octanol–water partition coefficient (Wildman–Crippen LogP) is 5.01. The lowest BCUT2D eigenvalue weighted by molar-refractivity contribution is 0.303. The molecule has 2 aromatic carbocycles. The Kier molecular flexibility index (Phi) is 5.87. The number of hydrogen-bond acceptors (Lipinski definition) is 1. The van der Waals surface area contributed by atoms with Crippen molar-refractivity contribution in [1.29, 1.82) is 0 Å². The molecular formula is C17H18ClFO. The number of benzene rings is 2. The van der Waals surface area contributed by atoms with Crippen molar-refractivity contribution >= 4 is 11.6 Å². The van der Waals surface area contributed by atoms with E-state index in [2.05, 4.69) is 0 Å². The molecule has 0 radical (unpaired) electrons. The van der Waals surface area contributed by atoms with Crippen molar-refractivity contribution in [3.05, 3.63) is 66.0 Å². The molecule has 106 valence electrons. The summed E-state index contributed by atoms with van der Waals surface area (Å²) in [6.45, 7) is 0.646. The van der Waals surface area contributed by atoms with Gasteiger partial charge in [-0.1, -0.05) is 30.3 Å². The van der Waals surface area contributed by atoms with Gasteiger partial charge in [-0.15, -0.1) is 11.6 Å². The first kappa shape index (κ1) is 14.9. The monoisotopic (exact) mass is 292 g/mol. The minimum absolute atomic E-state index is 0.173. The third-order valence-corrected chi connectivity index (χ3v) is 3.59. The Morgan fingerprint density at radius 3 is 2.55 bits per heavy atom. The summed E-state index contributed by atoms with van der Waals surface area (Å²) in [5.41, 5.74) is 0.958. The van der Waals surface area contributed by atoms with E-state index in [1.165, 1.54) is 6.07 Å². The maximum Gasteiger partial charge on any atom is 0.123 e. The van der Waals surface area contributed by atoms with Crippen LogP contribution < -0.4 is 4.74 Å². The highest BCUT2D eigenvalue weighted by molar-refractivity contribution is 6.18. The SMILES string of the molecule is Fc1cccc(C(CCl)CCCOc2ccccc2)c1. The molecule has 0 amide bonds. The first-order chi connectivity index (χ1) is 9.79. The van der Waals surface area contributed by atoms with E-state index in [4.69, 9.17) is 16.3 Å². The zero-order valence-electron chi connectivity index (χ0n) is 11.3. The fraction of sp³-hybridized carbons (Fsp3) is 0.294. The molecule has 0 aliphatic carbocycles. The molecule has 0 aromatic heterocycles. The zero-order valence-corrected chi connectivity index (χ0v) is 12.0. The van der Waals surface area contributed by atoms with Crippen LogP contribution >= 0.6 is 11.6 Å². The highest BCUT2D eigenvalue weighted by Crippen LogP contribution is 2.23. The lowest BCUT2D eigenvalue weighted by Gasteiger charge is -2.14. The van der Waals surface area contributed by atoms with Crippen LogP contribution in [0.15, 0.2) is 54.6 Å². The number of ether oxygens (including phenoxy) is 1. The minimum atomic E-state index is -0.210. The van der Waals surface area contributed by atoms with Crippen LogP contribution in [0.5, 0.6) is 5.75 Å². The lowest BCUT2D eigenvalue weighted by Crippen LogP contribution is -2.05. The van der Waals surface area contributed by atoms with E-state index < -0.39 is 0 Å². The Labute approximate surface area is 124 Å². The van der Waals surface area contributed by atoms with Gasteiger partial charge in [0.2, 0.25) is 0 Å². The van der Waals surface area contributed by atoms with Gasteiger partial charge in [0, 0.05) is 5.88 Å². The van der Waals surface area contributed by atoms with Crippen LogP contribution in [0.2, 0.25) is 0 Å². The van der Waals surface area contributed by atoms with Gasteiger partial charge in [-0.2, -0.15) is 0 Å². The van der Waals surface area contributed by atoms with Crippen molar-refractivity contribution in [1.82, 2.24) is 0 Å². The maximum absolute atomic E-state index is 13.2. The van der Waals surface area contributed by atoms with Gasteiger partial charge in [-0.3, -0.25) is 0 Å². The Balaban J connectivity index is 1.80. The van der Waals surface area contributed by atoms with Crippen LogP contribution in [0.3, 0.4) is 0 Å². The molecular weight excluding hydrogens is 275 g/mol. The molecule has 20 heavy (non-hydrogen) atoms. The maximum atomic E-state index is 13.2. The molecule has 0 N–H and O–H groups in total. The Bertz CT molecular complexity index is 515. The van der Waals surface area contributed by atoms with Crippen LogP contribution in [-0.4, -0.2) is 12.5 Å². The van der Waals surface area contributed by atoms with E-state index in [9.17, 15) is 4.39 Å². The average molecular weight is 293 g/mol. The summed E-state index contributed by atoms with van der Waals surface area (Å²) in [6.07, 6.45) is 1.78. The molecule has 0 spiro atoms. The lowest BCUT2D eigenvalue weighted by atomic mass is 9.96. The van der Waals surface area contributed by atoms with E-state index in [-0.39, 0.29) is 11.7 Å². The van der Waals surface area contributed by atoms with Crippen molar-refractivity contribution in [2.24, 2.45) is 0 Å². The van der Waals surface area contributed by atoms with Crippen molar-refractivity contribution in [2.45, 2.75) is 18.8 Å². The molecule has 1 nitrogen and oxygen atoms in total. The van der Waals surface area contributed by atoms with Crippen LogP contribution in [0, 0.1) is 5.82 Å². The highest BCUT2D eigenvalue weighted by atomic mass is 35.5. The van der Waals surface area contributed by atoms with Crippen molar-refractivity contribution in [3.8, 4) is 5.75 Å². The summed E-state index contributed by atoms with van der Waals surface area (Å²) >= 11 is 5.99. The van der Waals surface area contributed by atoms with Gasteiger partial charge in [0.05, 0.1) is 6.61 Å². The summed E-state index contributed by atoms with van der Waals surface area (Å²) in [7, 11) is 0. The first-order valence-electron chi connectivity index (χ1n) is 6.79. The van der Waals surface area contributed by atoms with Crippen LogP contribution in [-0.2, 0) is 0 Å². The second-order valence-corrected chi connectivity index (χ2v) is 5.02. The molecule has 0 saturated heterocycles. The van der Waals surface area contributed by atoms with E-state index >= 15 is 0 Å². The Morgan fingerprint density at radius 2 is 1.85 bits per heavy atom. The fourth-order valence-electron chi connectivity index (χ4n) is 2.13. The van der Waals surface area contributed by atoms with Gasteiger partial charge in [0.1, 0.15) is 11.6 Å². The van der Waals surface area contributed by atoms with Gasteiger partial charge in [-0.25, -0.2) is 4.39 Å². The molecule has 3 heteroatoms. The predicted molar refractivity (Wildman–Crippen MR) is 81.0 cm³/mol. The van der Waals surface area contributed by atoms with Crippen molar-refractivity contribution in [3.63, 3.8) is 0 Å². The summed E-state index contributed by atoms with van der Waals surface area (Å²) in [5, 5.41) is 0. The van der Waals surface area contributed by atoms with E-state index in [1.807, 2.05) is 36.4 Å². The number of hydrogen-bond donors (Lipinski definition) is 0. The topological polar surface area (TPSA) is 9.23 Å². The number of halogens is 2. The fourth-order valence-corrected chi connectivity index (χ4v) is 2.46. The summed E-state index contributed by atoms with van der Waals surface area (Å²) in [4.78, 5) is 0. The molecule has 2 aromatic rings. The van der Waals surface area contributed by atoms with E-state index in [0.29, 0.717) is 12.5 Å². The molecule has 0 heterocycles. The first-order valence-corrected chi connectivity index (χ1v) is 7.32. The van der Waals surface area contributed by atoms with Gasteiger partial charge >= 0.3 is 0 Å². The summed E-state index contributed by atoms with van der Waals surface area (Å²) < 4.78 is 18.8. The van der Waals surface area contributed by atoms with Gasteiger partial charge in [-0.05, 0) is 48.6 Å². The molecule has 0 saturated carbocycles. The van der Waals surface area contributed by atoms with E-state index in [1.54, 1.807) is 12.1 Å². The molecule has 1 atom stereocenters. The normalized spacial score (nSPS) is 12.1. The molecule has 2 rings (SSSR count). The Hall–Kier alpha value is -1.54. The average Bonchev–Trinajstić information content (AvgIpc) is 2.48. The third kappa shape index (κ3) is 4.53. The third-order valence-electron chi connectivity index (χ3n) is 3.22. The molecule has 0 aliphatic rings. The van der Waals surface area contributed by atoms with Crippen molar-refractivity contribution in [2.75, 3.05) is 12.5 Å². The highest BCUT2D eigenvalue weighted by Gasteiger charge is 2.10. The van der Waals surface area contributed by atoms with Gasteiger partial charge < -0.3 is 4.74 Å². The summed E-state index contributed by atoms with van der Waals surface area (Å²) in [5.74, 6) is 1.33. The quantitative estimate of drug-likeness (QED) is 0.515. The second-order valence-electron chi connectivity index (χ2n) is 4.71. The molecule has 1 unspecified atom stereocenters. The van der Waals surface area contributed by atoms with Crippen molar-refractivity contribution < 1.29 is 9.13 Å². The standard InChI is InChI=1S/C17H18ClFO/c18-13-15(14-6-4-8-16(19)12-14)7-5-11-20-17-9-2-1-3-10-17/h1-4,6,8-10,12,15H,5,7,11,13H2. The number of para-hydroxylation sites is 1. The van der Waals surface area contributed by atoms with E-state index in [0.717, 1.165) is 24.2 Å². The molecule has 0 fully saturated rings.